The van der Waals surface area contributed by atoms with Gasteiger partial charge in [-0.05, 0) is 35.7 Å². The standard InChI is InChI=1S/C24H31N3O4/c1-16(2)23(19-9-10-20-21(13-19)31-12-11-30-20)26-22(28)15-27(4)14-17-5-7-18(8-6-17)24(29)25-3/h5-10,13,16,23H,11-12,14-15H2,1-4H3,(H,25,29)(H,26,28)/p+1/t23-/m0/s1. The molecule has 2 aromatic rings. The van der Waals surface area contributed by atoms with Gasteiger partial charge in [-0.15, -0.1) is 0 Å². The van der Waals surface area contributed by atoms with E-state index in [0.29, 0.717) is 31.9 Å². The maximum Gasteiger partial charge on any atom is 0.275 e. The summed E-state index contributed by atoms with van der Waals surface area (Å²) < 4.78 is 11.3. The van der Waals surface area contributed by atoms with Gasteiger partial charge < -0.3 is 25.0 Å². The number of rotatable bonds is 8. The van der Waals surface area contributed by atoms with Crippen molar-refractivity contribution >= 4 is 11.8 Å². The molecule has 0 spiro atoms. The molecule has 0 saturated heterocycles. The predicted octanol–water partition coefficient (Wildman–Crippen LogP) is 1.35. The number of benzene rings is 2. The summed E-state index contributed by atoms with van der Waals surface area (Å²) in [6.07, 6.45) is 0. The molecule has 2 amide bonds. The van der Waals surface area contributed by atoms with Gasteiger partial charge in [0.2, 0.25) is 0 Å². The lowest BCUT2D eigenvalue weighted by Gasteiger charge is -2.26. The van der Waals surface area contributed by atoms with Gasteiger partial charge in [0.15, 0.2) is 18.0 Å². The Hall–Kier alpha value is -3.06. The van der Waals surface area contributed by atoms with Gasteiger partial charge in [-0.2, -0.15) is 0 Å². The van der Waals surface area contributed by atoms with Crippen molar-refractivity contribution in [2.45, 2.75) is 26.4 Å². The second-order valence-corrected chi connectivity index (χ2v) is 8.28. The topological polar surface area (TPSA) is 81.1 Å². The molecule has 0 aromatic heterocycles. The number of quaternary nitrogens is 1. The molecule has 0 radical (unpaired) electrons. The number of carbonyl (C=O) groups excluding carboxylic acids is 2. The van der Waals surface area contributed by atoms with Crippen LogP contribution in [-0.2, 0) is 11.3 Å². The van der Waals surface area contributed by atoms with Crippen molar-refractivity contribution in [1.82, 2.24) is 10.6 Å². The summed E-state index contributed by atoms with van der Waals surface area (Å²) >= 11 is 0. The summed E-state index contributed by atoms with van der Waals surface area (Å²) in [6, 6.07) is 13.2. The van der Waals surface area contributed by atoms with E-state index in [1.807, 2.05) is 37.4 Å². The Morgan fingerprint density at radius 3 is 2.35 bits per heavy atom. The number of ether oxygens (including phenoxy) is 2. The molecule has 7 nitrogen and oxygen atoms in total. The van der Waals surface area contributed by atoms with E-state index in [0.717, 1.165) is 27.5 Å². The van der Waals surface area contributed by atoms with Gasteiger partial charge in [-0.1, -0.05) is 32.0 Å². The molecule has 0 fully saturated rings. The van der Waals surface area contributed by atoms with Crippen molar-refractivity contribution in [1.29, 1.82) is 0 Å². The van der Waals surface area contributed by atoms with Gasteiger partial charge in [0.25, 0.3) is 11.8 Å². The van der Waals surface area contributed by atoms with Crippen LogP contribution < -0.4 is 25.0 Å². The molecule has 2 aromatic carbocycles. The molecular formula is C24H32N3O4+. The molecular weight excluding hydrogens is 394 g/mol. The predicted molar refractivity (Wildman–Crippen MR) is 118 cm³/mol. The van der Waals surface area contributed by atoms with E-state index in [1.54, 1.807) is 19.2 Å². The molecule has 7 heteroatoms. The van der Waals surface area contributed by atoms with E-state index >= 15 is 0 Å². The quantitative estimate of drug-likeness (QED) is 0.595. The average molecular weight is 427 g/mol. The van der Waals surface area contributed by atoms with Crippen LogP contribution in [0, 0.1) is 5.92 Å². The lowest BCUT2D eigenvalue weighted by Crippen LogP contribution is -3.08. The fourth-order valence-corrected chi connectivity index (χ4v) is 3.72. The summed E-state index contributed by atoms with van der Waals surface area (Å²) in [5.74, 6) is 1.59. The number of amides is 2. The van der Waals surface area contributed by atoms with E-state index in [2.05, 4.69) is 24.5 Å². The second-order valence-electron chi connectivity index (χ2n) is 8.28. The zero-order valence-electron chi connectivity index (χ0n) is 18.7. The van der Waals surface area contributed by atoms with E-state index in [-0.39, 0.29) is 23.8 Å². The fourth-order valence-electron chi connectivity index (χ4n) is 3.72. The highest BCUT2D eigenvalue weighted by Gasteiger charge is 2.23. The molecule has 3 N–H and O–H groups in total. The van der Waals surface area contributed by atoms with Crippen molar-refractivity contribution in [2.75, 3.05) is 33.9 Å². The summed E-state index contributed by atoms with van der Waals surface area (Å²) in [4.78, 5) is 25.5. The minimum absolute atomic E-state index is 0.00642. The van der Waals surface area contributed by atoms with Gasteiger partial charge in [0.1, 0.15) is 19.8 Å². The molecule has 0 aliphatic carbocycles. The Labute approximate surface area is 183 Å². The maximum atomic E-state index is 12.8. The summed E-state index contributed by atoms with van der Waals surface area (Å²) in [7, 11) is 3.60. The molecule has 166 valence electrons. The van der Waals surface area contributed by atoms with E-state index < -0.39 is 0 Å². The number of fused-ring (bicyclic) bond motifs is 1. The Kier molecular flexibility index (Phi) is 7.52. The molecule has 0 bridgehead atoms. The molecule has 3 rings (SSSR count). The van der Waals surface area contributed by atoms with Crippen LogP contribution >= 0.6 is 0 Å². The number of hydrogen-bond donors (Lipinski definition) is 3. The highest BCUT2D eigenvalue weighted by Crippen LogP contribution is 2.34. The Bertz CT molecular complexity index is 912. The fraction of sp³-hybridized carbons (Fsp3) is 0.417. The minimum atomic E-state index is -0.108. The minimum Gasteiger partial charge on any atom is -0.486 e. The third-order valence-corrected chi connectivity index (χ3v) is 5.32. The van der Waals surface area contributed by atoms with Gasteiger partial charge in [0.05, 0.1) is 13.1 Å². The maximum absolute atomic E-state index is 12.8. The van der Waals surface area contributed by atoms with Crippen LogP contribution in [0.15, 0.2) is 42.5 Å². The number of carbonyl (C=O) groups is 2. The monoisotopic (exact) mass is 426 g/mol. The van der Waals surface area contributed by atoms with E-state index in [4.69, 9.17) is 9.47 Å². The molecule has 2 atom stereocenters. The lowest BCUT2D eigenvalue weighted by atomic mass is 9.95. The van der Waals surface area contributed by atoms with Crippen LogP contribution in [0.3, 0.4) is 0 Å². The van der Waals surface area contributed by atoms with Gasteiger partial charge in [-0.3, -0.25) is 9.59 Å². The first-order chi connectivity index (χ1) is 14.9. The molecule has 31 heavy (non-hydrogen) atoms. The van der Waals surface area contributed by atoms with Crippen LogP contribution in [0.1, 0.15) is 41.4 Å². The van der Waals surface area contributed by atoms with Crippen molar-refractivity contribution in [3.05, 3.63) is 59.2 Å². The largest absolute Gasteiger partial charge is 0.486 e. The Morgan fingerprint density at radius 2 is 1.71 bits per heavy atom. The third-order valence-electron chi connectivity index (χ3n) is 5.32. The van der Waals surface area contributed by atoms with Crippen molar-refractivity contribution in [3.63, 3.8) is 0 Å². The Morgan fingerprint density at radius 1 is 1.03 bits per heavy atom. The normalized spacial score (nSPS) is 14.6. The van der Waals surface area contributed by atoms with Crippen molar-refractivity contribution < 1.29 is 24.0 Å². The summed E-state index contributed by atoms with van der Waals surface area (Å²) in [5.41, 5.74) is 2.71. The van der Waals surface area contributed by atoms with Crippen LogP contribution in [0.5, 0.6) is 11.5 Å². The number of nitrogens with one attached hydrogen (secondary N) is 3. The molecule has 1 aliphatic rings. The lowest BCUT2D eigenvalue weighted by molar-refractivity contribution is -0.885. The second kappa shape index (κ2) is 10.3. The summed E-state index contributed by atoms with van der Waals surface area (Å²) in [5, 5.41) is 5.79. The molecule has 0 saturated carbocycles. The highest BCUT2D eigenvalue weighted by atomic mass is 16.6. The van der Waals surface area contributed by atoms with Crippen LogP contribution in [0.2, 0.25) is 0 Å². The first kappa shape index (κ1) is 22.6. The zero-order chi connectivity index (χ0) is 22.4. The van der Waals surface area contributed by atoms with Crippen LogP contribution in [0.4, 0.5) is 0 Å². The SMILES string of the molecule is CNC(=O)c1ccc(C[NH+](C)CC(=O)N[C@H](c2ccc3c(c2)OCCO3)C(C)C)cc1. The average Bonchev–Trinajstić information content (AvgIpc) is 2.76. The van der Waals surface area contributed by atoms with Crippen LogP contribution in [0.25, 0.3) is 0 Å². The molecule has 1 aliphatic heterocycles. The van der Waals surface area contributed by atoms with Gasteiger partial charge in [0, 0.05) is 18.2 Å². The Balaban J connectivity index is 1.59. The van der Waals surface area contributed by atoms with Crippen molar-refractivity contribution in [3.8, 4) is 11.5 Å². The third kappa shape index (κ3) is 5.98. The smallest absolute Gasteiger partial charge is 0.275 e. The highest BCUT2D eigenvalue weighted by molar-refractivity contribution is 5.93. The number of hydrogen-bond acceptors (Lipinski definition) is 4. The van der Waals surface area contributed by atoms with E-state index in [9.17, 15) is 9.59 Å². The number of likely N-dealkylation sites (N-methyl/N-ethyl adjacent to an activating group) is 1. The molecule has 1 heterocycles. The summed E-state index contributed by atoms with van der Waals surface area (Å²) in [6.45, 7) is 6.31. The van der Waals surface area contributed by atoms with Crippen LogP contribution in [-0.4, -0.2) is 45.7 Å². The molecule has 1 unspecified atom stereocenters. The first-order valence-electron chi connectivity index (χ1n) is 10.7. The van der Waals surface area contributed by atoms with E-state index in [1.165, 1.54) is 0 Å². The van der Waals surface area contributed by atoms with Gasteiger partial charge in [-0.25, -0.2) is 0 Å². The zero-order valence-corrected chi connectivity index (χ0v) is 18.7. The van der Waals surface area contributed by atoms with Gasteiger partial charge >= 0.3 is 0 Å². The van der Waals surface area contributed by atoms with Crippen molar-refractivity contribution in [2.24, 2.45) is 5.92 Å². The first-order valence-corrected chi connectivity index (χ1v) is 10.7.